The van der Waals surface area contributed by atoms with Gasteiger partial charge in [-0.15, -0.1) is 0 Å². The number of carbonyl (C=O) groups is 3. The molecule has 0 bridgehead atoms. The quantitative estimate of drug-likeness (QED) is 0.238. The molecule has 226 valence electrons. The van der Waals surface area contributed by atoms with E-state index in [2.05, 4.69) is 22.2 Å². The monoisotopic (exact) mass is 581 g/mol. The van der Waals surface area contributed by atoms with Gasteiger partial charge in [-0.05, 0) is 81.3 Å². The molecule has 2 aliphatic heterocycles. The molecule has 0 aliphatic carbocycles. The van der Waals surface area contributed by atoms with E-state index < -0.39 is 23.7 Å². The molecule has 0 unspecified atom stereocenters. The van der Waals surface area contributed by atoms with Crippen molar-refractivity contribution in [2.45, 2.75) is 64.5 Å². The number of likely N-dealkylation sites (tertiary alicyclic amines) is 1. The molecule has 0 aromatic heterocycles. The van der Waals surface area contributed by atoms with Gasteiger partial charge in [0.05, 0.1) is 30.1 Å². The number of nitriles is 1. The molecule has 0 radical (unpaired) electrons. The van der Waals surface area contributed by atoms with Gasteiger partial charge >= 0.3 is 5.97 Å². The summed E-state index contributed by atoms with van der Waals surface area (Å²) in [5.41, 5.74) is 0.847. The third-order valence-electron chi connectivity index (χ3n) is 7.63. The summed E-state index contributed by atoms with van der Waals surface area (Å²) in [6.07, 6.45) is 7.25. The first kappa shape index (κ1) is 32.5. The Morgan fingerprint density at radius 3 is 2.81 bits per heavy atom. The fraction of sp³-hybridized carbons (Fsp3) is 0.516. The molecule has 1 aromatic rings. The lowest BCUT2D eigenvalue weighted by Gasteiger charge is -2.33. The Hall–Kier alpha value is -4.04. The summed E-state index contributed by atoms with van der Waals surface area (Å²) in [4.78, 5) is 43.4. The van der Waals surface area contributed by atoms with Crippen molar-refractivity contribution < 1.29 is 28.6 Å². The van der Waals surface area contributed by atoms with E-state index in [1.165, 1.54) is 30.6 Å². The number of piperidine rings is 2. The van der Waals surface area contributed by atoms with Crippen molar-refractivity contribution in [3.8, 4) is 6.07 Å². The van der Waals surface area contributed by atoms with E-state index in [-0.39, 0.29) is 30.4 Å². The summed E-state index contributed by atoms with van der Waals surface area (Å²) in [5.74, 6) is -1.38. The molecule has 0 spiro atoms. The van der Waals surface area contributed by atoms with Gasteiger partial charge in [0.15, 0.2) is 0 Å². The Bertz CT molecular complexity index is 1230. The minimum Gasteiger partial charge on any atom is -0.492 e. The van der Waals surface area contributed by atoms with E-state index >= 15 is 0 Å². The number of carboxylic acid groups (broad SMARTS) is 1. The molecule has 2 amide bonds. The number of carboxylic acids is 1. The van der Waals surface area contributed by atoms with Crippen LogP contribution in [0.15, 0.2) is 47.3 Å². The van der Waals surface area contributed by atoms with Gasteiger partial charge in [-0.2, -0.15) is 5.26 Å². The SMILES string of the molecule is C=C(C=N/C=C(\C)OCc1ccc(F)c(C#N)c1)[C@H](CC(=O)O)NC(=O)[C@@H]1CCCN(C(=O)CCC2CCNCC2)C1. The average molecular weight is 582 g/mol. The zero-order valence-corrected chi connectivity index (χ0v) is 24.1. The number of carbonyl (C=O) groups excluding carboxylic acids is 2. The van der Waals surface area contributed by atoms with Gasteiger partial charge in [0.25, 0.3) is 0 Å². The molecule has 2 heterocycles. The van der Waals surface area contributed by atoms with Crippen LogP contribution in [0.2, 0.25) is 0 Å². The van der Waals surface area contributed by atoms with Crippen LogP contribution >= 0.6 is 0 Å². The van der Waals surface area contributed by atoms with Crippen molar-refractivity contribution >= 4 is 24.0 Å². The number of hydrogen-bond donors (Lipinski definition) is 3. The number of halogens is 1. The van der Waals surface area contributed by atoms with Gasteiger partial charge < -0.3 is 25.4 Å². The molecule has 0 saturated carbocycles. The molecule has 10 nitrogen and oxygen atoms in total. The molecule has 2 fully saturated rings. The standard InChI is InChI=1S/C31H40FN5O5/c1-21(17-35-18-22(2)42-20-24-5-7-27(32)26(14-24)16-33)28(15-30(39)40)36-31(41)25-4-3-13-37(19-25)29(38)8-6-23-9-11-34-12-10-23/h5,7,14,17-18,23,25,28,34H,1,3-4,6,8-13,15,19-20H2,2H3,(H,36,41)(H,39,40)/b22-18+,35-17?/t25-,28+/m1/s1. The van der Waals surface area contributed by atoms with Crippen molar-refractivity contribution in [2.75, 3.05) is 26.2 Å². The first-order chi connectivity index (χ1) is 20.2. The maximum atomic E-state index is 13.5. The number of hydrogen-bond acceptors (Lipinski definition) is 7. The van der Waals surface area contributed by atoms with Crippen LogP contribution in [0.4, 0.5) is 4.39 Å². The number of allylic oxidation sites excluding steroid dienone is 1. The predicted molar refractivity (Wildman–Crippen MR) is 156 cm³/mol. The molecule has 2 saturated heterocycles. The van der Waals surface area contributed by atoms with E-state index in [1.807, 2.05) is 0 Å². The lowest BCUT2D eigenvalue weighted by atomic mass is 9.92. The van der Waals surface area contributed by atoms with Crippen LogP contribution in [-0.4, -0.2) is 66.2 Å². The van der Waals surface area contributed by atoms with Crippen LogP contribution < -0.4 is 10.6 Å². The molecule has 3 N–H and O–H groups in total. The second kappa shape index (κ2) is 16.4. The summed E-state index contributed by atoms with van der Waals surface area (Å²) >= 11 is 0. The lowest BCUT2D eigenvalue weighted by molar-refractivity contribution is -0.137. The Morgan fingerprint density at radius 1 is 1.33 bits per heavy atom. The molecule has 2 atom stereocenters. The van der Waals surface area contributed by atoms with E-state index in [4.69, 9.17) is 10.00 Å². The van der Waals surface area contributed by atoms with Crippen molar-refractivity contribution in [2.24, 2.45) is 16.8 Å². The summed E-state index contributed by atoms with van der Waals surface area (Å²) in [5, 5.41) is 24.5. The Labute approximate surface area is 246 Å². The summed E-state index contributed by atoms with van der Waals surface area (Å²) in [6.45, 7) is 8.59. The van der Waals surface area contributed by atoms with Gasteiger partial charge in [-0.1, -0.05) is 12.6 Å². The number of nitrogens with one attached hydrogen (secondary N) is 2. The number of amides is 2. The van der Waals surface area contributed by atoms with Gasteiger partial charge in [0, 0.05) is 25.7 Å². The van der Waals surface area contributed by atoms with Crippen LogP contribution in [-0.2, 0) is 25.7 Å². The van der Waals surface area contributed by atoms with Crippen LogP contribution in [0.3, 0.4) is 0 Å². The highest BCUT2D eigenvalue weighted by Gasteiger charge is 2.30. The molecule has 11 heteroatoms. The van der Waals surface area contributed by atoms with E-state index in [0.717, 1.165) is 32.4 Å². The van der Waals surface area contributed by atoms with E-state index in [9.17, 15) is 23.9 Å². The fourth-order valence-electron chi connectivity index (χ4n) is 5.12. The normalized spacial score (nSPS) is 18.7. The van der Waals surface area contributed by atoms with Gasteiger partial charge in [-0.25, -0.2) is 4.39 Å². The topological polar surface area (TPSA) is 144 Å². The predicted octanol–water partition coefficient (Wildman–Crippen LogP) is 3.68. The first-order valence-electron chi connectivity index (χ1n) is 14.4. The van der Waals surface area contributed by atoms with Crippen LogP contribution in [0.1, 0.15) is 63.0 Å². The molecular weight excluding hydrogens is 541 g/mol. The summed E-state index contributed by atoms with van der Waals surface area (Å²) < 4.78 is 19.1. The Kier molecular flexibility index (Phi) is 12.7. The number of aliphatic imine (C=N–C) groups is 1. The first-order valence-corrected chi connectivity index (χ1v) is 14.4. The maximum Gasteiger partial charge on any atom is 0.305 e. The van der Waals surface area contributed by atoms with Gasteiger partial charge in [-0.3, -0.25) is 19.4 Å². The second-order valence-electron chi connectivity index (χ2n) is 10.9. The molecule has 1 aromatic carbocycles. The number of ether oxygens (including phenoxy) is 1. The highest BCUT2D eigenvalue weighted by Crippen LogP contribution is 2.22. The van der Waals surface area contributed by atoms with Crippen LogP contribution in [0.25, 0.3) is 0 Å². The van der Waals surface area contributed by atoms with Crippen molar-refractivity contribution in [3.63, 3.8) is 0 Å². The minimum atomic E-state index is -1.10. The highest BCUT2D eigenvalue weighted by atomic mass is 19.1. The zero-order valence-electron chi connectivity index (χ0n) is 24.1. The third kappa shape index (κ3) is 10.4. The zero-order chi connectivity index (χ0) is 30.5. The van der Waals surface area contributed by atoms with Crippen molar-refractivity contribution in [1.82, 2.24) is 15.5 Å². The minimum absolute atomic E-state index is 0.0685. The fourth-order valence-corrected chi connectivity index (χ4v) is 5.12. The molecule has 2 aliphatic rings. The average Bonchev–Trinajstić information content (AvgIpc) is 2.99. The lowest BCUT2D eigenvalue weighted by Crippen LogP contribution is -2.48. The summed E-state index contributed by atoms with van der Waals surface area (Å²) in [7, 11) is 0. The van der Waals surface area contributed by atoms with Gasteiger partial charge in [0.2, 0.25) is 11.8 Å². The second-order valence-corrected chi connectivity index (χ2v) is 10.9. The van der Waals surface area contributed by atoms with Gasteiger partial charge in [0.1, 0.15) is 24.3 Å². The van der Waals surface area contributed by atoms with Crippen molar-refractivity contribution in [3.05, 3.63) is 59.3 Å². The largest absolute Gasteiger partial charge is 0.492 e. The summed E-state index contributed by atoms with van der Waals surface area (Å²) in [6, 6.07) is 5.04. The third-order valence-corrected chi connectivity index (χ3v) is 7.63. The van der Waals surface area contributed by atoms with Crippen LogP contribution in [0, 0.1) is 29.0 Å². The molecular formula is C31H40FN5O5. The number of nitrogens with zero attached hydrogens (tertiary/aromatic N) is 3. The highest BCUT2D eigenvalue weighted by molar-refractivity contribution is 5.86. The smallest absolute Gasteiger partial charge is 0.305 e. The number of benzene rings is 1. The van der Waals surface area contributed by atoms with Crippen LogP contribution in [0.5, 0.6) is 0 Å². The Balaban J connectivity index is 1.51. The number of aliphatic carboxylic acids is 1. The maximum absolute atomic E-state index is 13.5. The Morgan fingerprint density at radius 2 is 2.10 bits per heavy atom. The molecule has 3 rings (SSSR count). The van der Waals surface area contributed by atoms with E-state index in [0.29, 0.717) is 55.2 Å². The molecule has 42 heavy (non-hydrogen) atoms. The van der Waals surface area contributed by atoms with Crippen molar-refractivity contribution in [1.29, 1.82) is 5.26 Å². The number of rotatable bonds is 13. The van der Waals surface area contributed by atoms with E-state index in [1.54, 1.807) is 17.9 Å².